The van der Waals surface area contributed by atoms with E-state index in [2.05, 4.69) is 5.32 Å². The van der Waals surface area contributed by atoms with Gasteiger partial charge < -0.3 is 16.8 Å². The maximum atomic E-state index is 11.4. The lowest BCUT2D eigenvalue weighted by Crippen LogP contribution is -2.40. The largest absolute Gasteiger partial charge is 0.368 e. The van der Waals surface area contributed by atoms with Crippen LogP contribution in [0.1, 0.15) is 17.5 Å². The van der Waals surface area contributed by atoms with Crippen LogP contribution in [0.4, 0.5) is 0 Å². The maximum absolute atomic E-state index is 11.4. The van der Waals surface area contributed by atoms with Crippen molar-refractivity contribution < 1.29 is 9.59 Å². The minimum Gasteiger partial charge on any atom is -0.368 e. The zero-order chi connectivity index (χ0) is 12.8. The van der Waals surface area contributed by atoms with E-state index in [4.69, 9.17) is 11.5 Å². The van der Waals surface area contributed by atoms with Crippen LogP contribution in [-0.2, 0) is 16.1 Å². The minimum absolute atomic E-state index is 0.0821. The lowest BCUT2D eigenvalue weighted by molar-refractivity contribution is -0.126. The lowest BCUT2D eigenvalue weighted by Gasteiger charge is -2.09. The summed E-state index contributed by atoms with van der Waals surface area (Å²) in [5.74, 6) is -0.949. The molecule has 0 heterocycles. The van der Waals surface area contributed by atoms with Gasteiger partial charge in [0.15, 0.2) is 0 Å². The van der Waals surface area contributed by atoms with Gasteiger partial charge in [-0.05, 0) is 18.1 Å². The molecule has 0 aliphatic heterocycles. The molecule has 0 aromatic heterocycles. The molecule has 17 heavy (non-hydrogen) atoms. The number of carbonyl (C=O) groups is 2. The second kappa shape index (κ2) is 6.00. The summed E-state index contributed by atoms with van der Waals surface area (Å²) >= 11 is 0. The molecule has 0 aliphatic carbocycles. The fourth-order valence-electron chi connectivity index (χ4n) is 1.37. The van der Waals surface area contributed by atoms with E-state index in [1.54, 1.807) is 0 Å². The number of hydrogen-bond acceptors (Lipinski definition) is 3. The summed E-state index contributed by atoms with van der Waals surface area (Å²) in [4.78, 5) is 22.1. The van der Waals surface area contributed by atoms with Crippen molar-refractivity contribution in [1.82, 2.24) is 5.32 Å². The molecule has 5 heteroatoms. The van der Waals surface area contributed by atoms with Crippen LogP contribution in [0.2, 0.25) is 0 Å². The molecule has 1 rings (SSSR count). The van der Waals surface area contributed by atoms with E-state index in [0.717, 1.165) is 11.1 Å². The molecule has 0 radical (unpaired) electrons. The summed E-state index contributed by atoms with van der Waals surface area (Å²) in [6.45, 7) is 2.40. The van der Waals surface area contributed by atoms with E-state index in [1.165, 1.54) is 0 Å². The van der Waals surface area contributed by atoms with Crippen LogP contribution in [-0.4, -0.2) is 17.9 Å². The average Bonchev–Trinajstić information content (AvgIpc) is 2.27. The molecule has 1 aromatic rings. The van der Waals surface area contributed by atoms with Crippen LogP contribution in [0.3, 0.4) is 0 Å². The second-order valence-corrected chi connectivity index (χ2v) is 3.92. The SMILES string of the molecule is Cc1ccccc1CNC(=O)CC(N)C(N)=O. The second-order valence-electron chi connectivity index (χ2n) is 3.92. The summed E-state index contributed by atoms with van der Waals surface area (Å²) < 4.78 is 0. The zero-order valence-electron chi connectivity index (χ0n) is 9.77. The van der Waals surface area contributed by atoms with Crippen molar-refractivity contribution in [1.29, 1.82) is 0 Å². The predicted molar refractivity (Wildman–Crippen MR) is 64.8 cm³/mol. The van der Waals surface area contributed by atoms with Gasteiger partial charge in [0, 0.05) is 6.54 Å². The number of amides is 2. The molecule has 2 amide bonds. The van der Waals surface area contributed by atoms with E-state index in [9.17, 15) is 9.59 Å². The smallest absolute Gasteiger partial charge is 0.234 e. The number of hydrogen-bond donors (Lipinski definition) is 3. The van der Waals surface area contributed by atoms with E-state index < -0.39 is 11.9 Å². The van der Waals surface area contributed by atoms with Crippen LogP contribution in [0, 0.1) is 6.92 Å². The summed E-state index contributed by atoms with van der Waals surface area (Å²) in [6, 6.07) is 6.82. The van der Waals surface area contributed by atoms with Crippen molar-refractivity contribution in [2.75, 3.05) is 0 Å². The summed E-state index contributed by atoms with van der Waals surface area (Å²) in [5, 5.41) is 2.70. The van der Waals surface area contributed by atoms with Gasteiger partial charge in [0.25, 0.3) is 0 Å². The summed E-state index contributed by atoms with van der Waals surface area (Å²) in [7, 11) is 0. The van der Waals surface area contributed by atoms with Crippen molar-refractivity contribution >= 4 is 11.8 Å². The maximum Gasteiger partial charge on any atom is 0.234 e. The number of primary amides is 1. The Labute approximate surface area is 100 Å². The Morgan fingerprint density at radius 3 is 2.59 bits per heavy atom. The van der Waals surface area contributed by atoms with Crippen molar-refractivity contribution in [3.8, 4) is 0 Å². The highest BCUT2D eigenvalue weighted by Crippen LogP contribution is 2.06. The van der Waals surface area contributed by atoms with Gasteiger partial charge in [-0.1, -0.05) is 24.3 Å². The van der Waals surface area contributed by atoms with Crippen molar-refractivity contribution in [3.05, 3.63) is 35.4 Å². The van der Waals surface area contributed by atoms with Crippen molar-refractivity contribution in [2.45, 2.75) is 25.9 Å². The van der Waals surface area contributed by atoms with E-state index in [1.807, 2.05) is 31.2 Å². The molecule has 5 N–H and O–H groups in total. The first-order valence-corrected chi connectivity index (χ1v) is 5.37. The van der Waals surface area contributed by atoms with E-state index in [0.29, 0.717) is 6.54 Å². The van der Waals surface area contributed by atoms with Gasteiger partial charge in [0.2, 0.25) is 11.8 Å². The molecular formula is C12H17N3O2. The number of rotatable bonds is 5. The van der Waals surface area contributed by atoms with Crippen LogP contribution >= 0.6 is 0 Å². The third-order valence-corrected chi connectivity index (χ3v) is 2.51. The van der Waals surface area contributed by atoms with Gasteiger partial charge in [-0.25, -0.2) is 0 Å². The third kappa shape index (κ3) is 4.24. The molecular weight excluding hydrogens is 218 g/mol. The molecule has 1 aromatic carbocycles. The summed E-state index contributed by atoms with van der Waals surface area (Å²) in [5.41, 5.74) is 12.5. The fraction of sp³-hybridized carbons (Fsp3) is 0.333. The highest BCUT2D eigenvalue weighted by atomic mass is 16.2. The normalized spacial score (nSPS) is 11.9. The molecule has 0 bridgehead atoms. The highest BCUT2D eigenvalue weighted by Gasteiger charge is 2.14. The minimum atomic E-state index is -0.924. The van der Waals surface area contributed by atoms with Gasteiger partial charge >= 0.3 is 0 Å². The fourth-order valence-corrected chi connectivity index (χ4v) is 1.37. The highest BCUT2D eigenvalue weighted by molar-refractivity contribution is 5.87. The average molecular weight is 235 g/mol. The molecule has 92 valence electrons. The Kier molecular flexibility index (Phi) is 4.66. The molecule has 0 fully saturated rings. The topological polar surface area (TPSA) is 98.2 Å². The Balaban J connectivity index is 2.44. The Morgan fingerprint density at radius 1 is 1.35 bits per heavy atom. The van der Waals surface area contributed by atoms with Gasteiger partial charge in [0.1, 0.15) is 0 Å². The third-order valence-electron chi connectivity index (χ3n) is 2.51. The molecule has 1 atom stereocenters. The van der Waals surface area contributed by atoms with Crippen LogP contribution in [0.25, 0.3) is 0 Å². The first-order valence-electron chi connectivity index (χ1n) is 5.37. The van der Waals surface area contributed by atoms with Crippen LogP contribution in [0.5, 0.6) is 0 Å². The number of carbonyl (C=O) groups excluding carboxylic acids is 2. The van der Waals surface area contributed by atoms with Crippen molar-refractivity contribution in [3.63, 3.8) is 0 Å². The van der Waals surface area contributed by atoms with E-state index in [-0.39, 0.29) is 12.3 Å². The van der Waals surface area contributed by atoms with Crippen LogP contribution in [0.15, 0.2) is 24.3 Å². The molecule has 0 saturated carbocycles. The molecule has 1 unspecified atom stereocenters. The van der Waals surface area contributed by atoms with Crippen molar-refractivity contribution in [2.24, 2.45) is 11.5 Å². The Bertz CT molecular complexity index is 418. The van der Waals surface area contributed by atoms with Gasteiger partial charge in [-0.3, -0.25) is 9.59 Å². The number of nitrogens with two attached hydrogens (primary N) is 2. The van der Waals surface area contributed by atoms with Gasteiger partial charge in [-0.2, -0.15) is 0 Å². The Hall–Kier alpha value is -1.88. The first-order chi connectivity index (χ1) is 8.00. The predicted octanol–water partition coefficient (Wildman–Crippen LogP) is -0.186. The summed E-state index contributed by atoms with van der Waals surface area (Å²) in [6.07, 6.45) is -0.0821. The lowest BCUT2D eigenvalue weighted by atomic mass is 10.1. The van der Waals surface area contributed by atoms with Crippen LogP contribution < -0.4 is 16.8 Å². The number of benzene rings is 1. The molecule has 0 aliphatic rings. The van der Waals surface area contributed by atoms with Gasteiger partial charge in [-0.15, -0.1) is 0 Å². The Morgan fingerprint density at radius 2 is 2.00 bits per heavy atom. The van der Waals surface area contributed by atoms with Gasteiger partial charge in [0.05, 0.1) is 12.5 Å². The molecule has 5 nitrogen and oxygen atoms in total. The van der Waals surface area contributed by atoms with E-state index >= 15 is 0 Å². The zero-order valence-corrected chi connectivity index (χ0v) is 9.77. The standard InChI is InChI=1S/C12H17N3O2/c1-8-4-2-3-5-9(8)7-15-11(16)6-10(13)12(14)17/h2-5,10H,6-7,13H2,1H3,(H2,14,17)(H,15,16). The molecule has 0 spiro atoms. The number of nitrogens with one attached hydrogen (secondary N) is 1. The monoisotopic (exact) mass is 235 g/mol. The number of aryl methyl sites for hydroxylation is 1. The molecule has 0 saturated heterocycles. The first kappa shape index (κ1) is 13.2. The quantitative estimate of drug-likeness (QED) is 0.660.